The van der Waals surface area contributed by atoms with Crippen molar-refractivity contribution in [2.24, 2.45) is 5.73 Å². The van der Waals surface area contributed by atoms with Crippen molar-refractivity contribution in [3.05, 3.63) is 35.1 Å². The third-order valence-electron chi connectivity index (χ3n) is 3.07. The first kappa shape index (κ1) is 9.62. The number of rotatable bonds is 3. The van der Waals surface area contributed by atoms with Gasteiger partial charge in [0.25, 0.3) is 0 Å². The van der Waals surface area contributed by atoms with Crippen molar-refractivity contribution in [2.75, 3.05) is 6.54 Å². The zero-order chi connectivity index (χ0) is 10.2. The number of hydrogen-bond donors (Lipinski definition) is 2. The average molecular weight is 195 g/mol. The summed E-state index contributed by atoms with van der Waals surface area (Å²) < 4.78 is 13.1. The Bertz CT molecular complexity index is 347. The molecular weight excluding hydrogens is 181 g/mol. The Kier molecular flexibility index (Phi) is 2.29. The van der Waals surface area contributed by atoms with Crippen LogP contribution in [-0.2, 0) is 12.0 Å². The van der Waals surface area contributed by atoms with E-state index in [-0.39, 0.29) is 17.8 Å². The van der Waals surface area contributed by atoms with Crippen LogP contribution in [-0.4, -0.2) is 11.7 Å². The minimum absolute atomic E-state index is 0.0671. The van der Waals surface area contributed by atoms with Crippen LogP contribution in [0.3, 0.4) is 0 Å². The molecule has 3 N–H and O–H groups in total. The van der Waals surface area contributed by atoms with Crippen LogP contribution in [0.4, 0.5) is 4.39 Å². The molecule has 3 heteroatoms. The van der Waals surface area contributed by atoms with Gasteiger partial charge in [-0.3, -0.25) is 0 Å². The molecule has 14 heavy (non-hydrogen) atoms. The molecule has 0 heterocycles. The molecular formula is C11H14FNO. The van der Waals surface area contributed by atoms with Crippen LogP contribution >= 0.6 is 0 Å². The Balaban J connectivity index is 2.36. The van der Waals surface area contributed by atoms with Gasteiger partial charge in [0.2, 0.25) is 0 Å². The Hall–Kier alpha value is -0.930. The molecule has 0 saturated heterocycles. The van der Waals surface area contributed by atoms with Crippen molar-refractivity contribution in [1.29, 1.82) is 0 Å². The van der Waals surface area contributed by atoms with Crippen molar-refractivity contribution in [2.45, 2.75) is 24.9 Å². The first-order valence-electron chi connectivity index (χ1n) is 4.82. The van der Waals surface area contributed by atoms with Crippen LogP contribution in [0.2, 0.25) is 0 Å². The number of halogens is 1. The molecule has 1 saturated carbocycles. The summed E-state index contributed by atoms with van der Waals surface area (Å²) in [6.45, 7) is 0.351. The first-order chi connectivity index (χ1) is 6.72. The third-order valence-corrected chi connectivity index (χ3v) is 3.07. The van der Waals surface area contributed by atoms with Crippen molar-refractivity contribution in [3.63, 3.8) is 0 Å². The van der Waals surface area contributed by atoms with Gasteiger partial charge in [0.05, 0.1) is 6.61 Å². The van der Waals surface area contributed by atoms with Crippen LogP contribution in [0.25, 0.3) is 0 Å². The zero-order valence-electron chi connectivity index (χ0n) is 7.96. The van der Waals surface area contributed by atoms with E-state index in [2.05, 4.69) is 0 Å². The normalized spacial score (nSPS) is 18.2. The summed E-state index contributed by atoms with van der Waals surface area (Å²) in [5, 5.41) is 8.93. The van der Waals surface area contributed by atoms with E-state index < -0.39 is 0 Å². The summed E-state index contributed by atoms with van der Waals surface area (Å²) in [6.07, 6.45) is 2.14. The largest absolute Gasteiger partial charge is 0.392 e. The van der Waals surface area contributed by atoms with Gasteiger partial charge in [0.1, 0.15) is 5.82 Å². The minimum atomic E-state index is -0.343. The Labute approximate surface area is 82.5 Å². The minimum Gasteiger partial charge on any atom is -0.392 e. The number of aliphatic hydroxyl groups is 1. The Morgan fingerprint density at radius 2 is 2.14 bits per heavy atom. The lowest BCUT2D eigenvalue weighted by molar-refractivity contribution is 0.275. The SMILES string of the molecule is NCC1(c2ccc(F)c(CO)c2)CC1. The highest BCUT2D eigenvalue weighted by molar-refractivity contribution is 5.35. The molecule has 1 aromatic rings. The van der Waals surface area contributed by atoms with E-state index in [4.69, 9.17) is 10.8 Å². The van der Waals surface area contributed by atoms with Crippen molar-refractivity contribution in [1.82, 2.24) is 0 Å². The van der Waals surface area contributed by atoms with Gasteiger partial charge in [-0.15, -0.1) is 0 Å². The lowest BCUT2D eigenvalue weighted by Gasteiger charge is -2.13. The molecule has 1 aliphatic rings. The summed E-state index contributed by atoms with van der Waals surface area (Å²) in [7, 11) is 0. The fourth-order valence-electron chi connectivity index (χ4n) is 1.79. The summed E-state index contributed by atoms with van der Waals surface area (Å²) in [5.41, 5.74) is 7.17. The summed E-state index contributed by atoms with van der Waals surface area (Å²) >= 11 is 0. The van der Waals surface area contributed by atoms with Gasteiger partial charge >= 0.3 is 0 Å². The lowest BCUT2D eigenvalue weighted by atomic mass is 9.94. The van der Waals surface area contributed by atoms with Gasteiger partial charge in [0, 0.05) is 17.5 Å². The maximum Gasteiger partial charge on any atom is 0.128 e. The topological polar surface area (TPSA) is 46.2 Å². The van der Waals surface area contributed by atoms with E-state index >= 15 is 0 Å². The van der Waals surface area contributed by atoms with Gasteiger partial charge in [-0.1, -0.05) is 6.07 Å². The number of hydrogen-bond acceptors (Lipinski definition) is 2. The fraction of sp³-hybridized carbons (Fsp3) is 0.455. The molecule has 0 spiro atoms. The van der Waals surface area contributed by atoms with E-state index in [1.165, 1.54) is 6.07 Å². The number of benzene rings is 1. The third kappa shape index (κ3) is 1.42. The van der Waals surface area contributed by atoms with Gasteiger partial charge in [-0.05, 0) is 30.5 Å². The predicted octanol–water partition coefficient (Wildman–Crippen LogP) is 1.31. The van der Waals surface area contributed by atoms with Crippen molar-refractivity contribution in [3.8, 4) is 0 Å². The van der Waals surface area contributed by atoms with Gasteiger partial charge < -0.3 is 10.8 Å². The number of aliphatic hydroxyl groups excluding tert-OH is 1. The summed E-state index contributed by atoms with van der Waals surface area (Å²) in [5.74, 6) is -0.343. The standard InChI is InChI=1S/C11H14FNO/c12-10-2-1-9(5-8(10)6-14)11(7-13)3-4-11/h1-2,5,14H,3-4,6-7,13H2. The van der Waals surface area contributed by atoms with Gasteiger partial charge in [-0.2, -0.15) is 0 Å². The van der Waals surface area contributed by atoms with Crippen LogP contribution in [0, 0.1) is 5.82 Å². The highest BCUT2D eigenvalue weighted by atomic mass is 19.1. The predicted molar refractivity (Wildman–Crippen MR) is 52.3 cm³/mol. The molecule has 0 radical (unpaired) electrons. The molecule has 0 aliphatic heterocycles. The molecule has 1 aliphatic carbocycles. The average Bonchev–Trinajstić information content (AvgIpc) is 2.99. The molecule has 0 amide bonds. The van der Waals surface area contributed by atoms with Crippen LogP contribution in [0.5, 0.6) is 0 Å². The molecule has 0 bridgehead atoms. The summed E-state index contributed by atoms with van der Waals surface area (Å²) in [4.78, 5) is 0. The Morgan fingerprint density at radius 3 is 2.64 bits per heavy atom. The smallest absolute Gasteiger partial charge is 0.128 e. The second kappa shape index (κ2) is 3.33. The monoisotopic (exact) mass is 195 g/mol. The highest BCUT2D eigenvalue weighted by Crippen LogP contribution is 2.47. The van der Waals surface area contributed by atoms with Crippen LogP contribution in [0.1, 0.15) is 24.0 Å². The van der Waals surface area contributed by atoms with Crippen molar-refractivity contribution >= 4 is 0 Å². The van der Waals surface area contributed by atoms with E-state index in [1.807, 2.05) is 0 Å². The molecule has 0 unspecified atom stereocenters. The molecule has 1 aromatic carbocycles. The van der Waals surface area contributed by atoms with Crippen LogP contribution in [0.15, 0.2) is 18.2 Å². The molecule has 2 nitrogen and oxygen atoms in total. The second-order valence-electron chi connectivity index (χ2n) is 3.95. The van der Waals surface area contributed by atoms with Gasteiger partial charge in [0.15, 0.2) is 0 Å². The second-order valence-corrected chi connectivity index (χ2v) is 3.95. The maximum atomic E-state index is 13.1. The molecule has 0 aromatic heterocycles. The van der Waals surface area contributed by atoms with Crippen molar-refractivity contribution < 1.29 is 9.50 Å². The number of nitrogens with two attached hydrogens (primary N) is 1. The quantitative estimate of drug-likeness (QED) is 0.763. The fourth-order valence-corrected chi connectivity index (χ4v) is 1.79. The van der Waals surface area contributed by atoms with E-state index in [9.17, 15) is 4.39 Å². The first-order valence-corrected chi connectivity index (χ1v) is 4.82. The molecule has 76 valence electrons. The van der Waals surface area contributed by atoms with E-state index in [0.717, 1.165) is 18.4 Å². The highest BCUT2D eigenvalue weighted by Gasteiger charge is 2.42. The van der Waals surface area contributed by atoms with Crippen LogP contribution < -0.4 is 5.73 Å². The van der Waals surface area contributed by atoms with E-state index in [0.29, 0.717) is 12.1 Å². The van der Waals surface area contributed by atoms with E-state index in [1.54, 1.807) is 12.1 Å². The molecule has 0 atom stereocenters. The van der Waals surface area contributed by atoms with Gasteiger partial charge in [-0.25, -0.2) is 4.39 Å². The Morgan fingerprint density at radius 1 is 1.43 bits per heavy atom. The zero-order valence-corrected chi connectivity index (χ0v) is 7.96. The molecule has 1 fully saturated rings. The molecule has 2 rings (SSSR count). The lowest BCUT2D eigenvalue weighted by Crippen LogP contribution is -2.20. The maximum absolute atomic E-state index is 13.1. The summed E-state index contributed by atoms with van der Waals surface area (Å²) in [6, 6.07) is 4.92.